The molecule has 1 saturated heterocycles. The number of nitrogen functional groups attached to an aromatic ring is 1. The van der Waals surface area contributed by atoms with Crippen LogP contribution in [0.25, 0.3) is 10.9 Å². The number of nitrogens with one attached hydrogen (secondary N) is 1. The topological polar surface area (TPSA) is 110 Å². The zero-order valence-electron chi connectivity index (χ0n) is 22.7. The van der Waals surface area contributed by atoms with Gasteiger partial charge in [0.25, 0.3) is 17.6 Å². The molecule has 0 saturated carbocycles. The zero-order valence-corrected chi connectivity index (χ0v) is 22.7. The minimum atomic E-state index is -0.772. The van der Waals surface area contributed by atoms with Gasteiger partial charge in [-0.25, -0.2) is 4.39 Å². The van der Waals surface area contributed by atoms with E-state index in [1.807, 2.05) is 27.7 Å². The predicted molar refractivity (Wildman–Crippen MR) is 145 cm³/mol. The van der Waals surface area contributed by atoms with Crippen molar-refractivity contribution in [3.63, 3.8) is 0 Å². The maximum atomic E-state index is 13.7. The van der Waals surface area contributed by atoms with Crippen LogP contribution in [0.1, 0.15) is 54.0 Å². The van der Waals surface area contributed by atoms with Crippen LogP contribution in [0.15, 0.2) is 42.6 Å². The average molecular weight is 526 g/mol. The molecule has 3 aromatic rings. The Morgan fingerprint density at radius 1 is 1.05 bits per heavy atom. The largest absolute Gasteiger partial charge is 0.496 e. The average Bonchev–Trinajstić information content (AvgIpc) is 3.25. The van der Waals surface area contributed by atoms with Crippen LogP contribution < -0.4 is 15.9 Å². The van der Waals surface area contributed by atoms with Gasteiger partial charge in [0.2, 0.25) is 0 Å². The van der Waals surface area contributed by atoms with E-state index in [4.69, 9.17) is 10.6 Å². The molecule has 0 aliphatic carbocycles. The predicted octanol–water partition coefficient (Wildman–Crippen LogP) is 3.19. The number of hydrogen-bond acceptors (Lipinski definition) is 6. The fourth-order valence-electron chi connectivity index (χ4n) is 4.71. The molecule has 1 fully saturated rings. The van der Waals surface area contributed by atoms with Gasteiger partial charge in [0.15, 0.2) is 0 Å². The van der Waals surface area contributed by atoms with Crippen LogP contribution in [0.3, 0.4) is 0 Å². The van der Waals surface area contributed by atoms with Gasteiger partial charge in [0, 0.05) is 56.4 Å². The SMILES string of the molecule is CC.CNC(=O)C(=O)c1cn(N)c2cc(OC)c(C(=O)N3C[C@H](C)N(Cc4ccc(F)cc4)CC3C)cc12. The van der Waals surface area contributed by atoms with Crippen molar-refractivity contribution in [2.75, 3.05) is 33.1 Å². The lowest BCUT2D eigenvalue weighted by Crippen LogP contribution is -2.57. The van der Waals surface area contributed by atoms with Gasteiger partial charge in [0.05, 0.1) is 23.8 Å². The van der Waals surface area contributed by atoms with Gasteiger partial charge in [-0.2, -0.15) is 0 Å². The van der Waals surface area contributed by atoms with E-state index in [1.165, 1.54) is 37.2 Å². The second kappa shape index (κ2) is 12.1. The first kappa shape index (κ1) is 28.6. The number of nitrogens with two attached hydrogens (primary N) is 1. The summed E-state index contributed by atoms with van der Waals surface area (Å²) in [7, 11) is 2.84. The van der Waals surface area contributed by atoms with Gasteiger partial charge >= 0.3 is 0 Å². The van der Waals surface area contributed by atoms with Crippen LogP contribution in [-0.2, 0) is 11.3 Å². The summed E-state index contributed by atoms with van der Waals surface area (Å²) in [6.45, 7) is 9.78. The number of rotatable bonds is 6. The van der Waals surface area contributed by atoms with E-state index in [2.05, 4.69) is 10.2 Å². The lowest BCUT2D eigenvalue weighted by atomic mass is 10.0. The lowest BCUT2D eigenvalue weighted by Gasteiger charge is -2.44. The van der Waals surface area contributed by atoms with Crippen molar-refractivity contribution in [1.29, 1.82) is 0 Å². The molecule has 1 unspecified atom stereocenters. The minimum Gasteiger partial charge on any atom is -0.496 e. The van der Waals surface area contributed by atoms with Gasteiger partial charge in [-0.3, -0.25) is 24.0 Å². The molecule has 2 atom stereocenters. The number of methoxy groups -OCH3 is 1. The molecule has 2 aromatic carbocycles. The van der Waals surface area contributed by atoms with Gasteiger partial charge in [-0.1, -0.05) is 26.0 Å². The number of ether oxygens (including phenoxy) is 1. The Kier molecular flexibility index (Phi) is 9.11. The molecule has 4 rings (SSSR count). The number of aromatic nitrogens is 1. The van der Waals surface area contributed by atoms with Crippen molar-refractivity contribution < 1.29 is 23.5 Å². The molecule has 9 nitrogen and oxygen atoms in total. The summed E-state index contributed by atoms with van der Waals surface area (Å²) in [5.74, 6) is 4.33. The highest BCUT2D eigenvalue weighted by Gasteiger charge is 2.34. The first-order valence-electron chi connectivity index (χ1n) is 12.7. The maximum Gasteiger partial charge on any atom is 0.292 e. The van der Waals surface area contributed by atoms with Gasteiger partial charge < -0.3 is 20.8 Å². The number of ketones is 1. The van der Waals surface area contributed by atoms with Crippen LogP contribution in [0.4, 0.5) is 4.39 Å². The number of benzene rings is 2. The van der Waals surface area contributed by atoms with Crippen molar-refractivity contribution in [2.24, 2.45) is 0 Å². The lowest BCUT2D eigenvalue weighted by molar-refractivity contribution is -0.116. The van der Waals surface area contributed by atoms with Crippen molar-refractivity contribution in [2.45, 2.75) is 46.3 Å². The quantitative estimate of drug-likeness (QED) is 0.291. The number of likely N-dealkylation sites (N-methyl/N-ethyl adjacent to an activating group) is 1. The number of fused-ring (bicyclic) bond motifs is 1. The molecule has 204 valence electrons. The van der Waals surface area contributed by atoms with Gasteiger partial charge in [0.1, 0.15) is 11.6 Å². The van der Waals surface area contributed by atoms with Crippen molar-refractivity contribution in [3.8, 4) is 5.75 Å². The maximum absolute atomic E-state index is 13.7. The molecule has 2 amide bonds. The summed E-state index contributed by atoms with van der Waals surface area (Å²) >= 11 is 0. The Hall–Kier alpha value is -3.92. The molecule has 1 aromatic heterocycles. The molecule has 1 aliphatic rings. The standard InChI is InChI=1S/C26H30FN5O4.C2H6/c1-15-12-31(16(2)11-30(15)13-17-5-7-18(27)8-6-17)26(35)20-9-19-21(24(33)25(34)29-3)14-32(28)22(19)10-23(20)36-4;1-2/h5-10,14-16H,11-13,28H2,1-4H3,(H,29,34);1-2H3/t15-,16?;/m0./s1. The number of carbonyl (C=O) groups is 3. The molecule has 3 N–H and O–H groups in total. The van der Waals surface area contributed by atoms with E-state index < -0.39 is 11.7 Å². The van der Waals surface area contributed by atoms with Gasteiger partial charge in [-0.15, -0.1) is 0 Å². The number of carbonyl (C=O) groups excluding carboxylic acids is 3. The second-order valence-electron chi connectivity index (χ2n) is 9.14. The summed E-state index contributed by atoms with van der Waals surface area (Å²) < 4.78 is 20.0. The summed E-state index contributed by atoms with van der Waals surface area (Å²) in [5, 5.41) is 2.72. The molecule has 1 aliphatic heterocycles. The van der Waals surface area contributed by atoms with E-state index in [1.54, 1.807) is 29.2 Å². The number of Topliss-reactive ketones (excluding diaryl/α,β-unsaturated/α-hetero) is 1. The molecule has 38 heavy (non-hydrogen) atoms. The molecule has 0 bridgehead atoms. The fraction of sp³-hybridized carbons (Fsp3) is 0.393. The summed E-state index contributed by atoms with van der Waals surface area (Å²) in [4.78, 5) is 42.4. The van der Waals surface area contributed by atoms with E-state index in [0.717, 1.165) is 5.56 Å². The van der Waals surface area contributed by atoms with E-state index in [9.17, 15) is 18.8 Å². The number of amides is 2. The molecular weight excluding hydrogens is 489 g/mol. The number of halogens is 1. The Bertz CT molecular complexity index is 1320. The normalized spacial score (nSPS) is 17.5. The number of hydrogen-bond donors (Lipinski definition) is 2. The van der Waals surface area contributed by atoms with Gasteiger partial charge in [-0.05, 0) is 37.6 Å². The fourth-order valence-corrected chi connectivity index (χ4v) is 4.71. The first-order valence-corrected chi connectivity index (χ1v) is 12.7. The third-order valence-corrected chi connectivity index (χ3v) is 6.74. The Labute approximate surface area is 222 Å². The smallest absolute Gasteiger partial charge is 0.292 e. The van der Waals surface area contributed by atoms with E-state index in [0.29, 0.717) is 36.3 Å². The summed E-state index contributed by atoms with van der Waals surface area (Å²) in [6.07, 6.45) is 1.37. The van der Waals surface area contributed by atoms with E-state index >= 15 is 0 Å². The van der Waals surface area contributed by atoms with Crippen LogP contribution in [0.2, 0.25) is 0 Å². The molecule has 0 spiro atoms. The Balaban J connectivity index is 0.00000195. The Morgan fingerprint density at radius 2 is 1.71 bits per heavy atom. The number of nitrogens with zero attached hydrogens (tertiary/aromatic N) is 3. The Morgan fingerprint density at radius 3 is 2.32 bits per heavy atom. The van der Waals surface area contributed by atoms with Crippen LogP contribution in [0, 0.1) is 5.82 Å². The molecule has 0 radical (unpaired) electrons. The zero-order chi connectivity index (χ0) is 28.1. The number of piperazine rings is 1. The highest BCUT2D eigenvalue weighted by molar-refractivity contribution is 6.45. The van der Waals surface area contributed by atoms with Crippen molar-refractivity contribution >= 4 is 28.5 Å². The summed E-state index contributed by atoms with van der Waals surface area (Å²) in [6, 6.07) is 9.55. The van der Waals surface area contributed by atoms with Crippen LogP contribution >= 0.6 is 0 Å². The highest BCUT2D eigenvalue weighted by atomic mass is 19.1. The second-order valence-corrected chi connectivity index (χ2v) is 9.14. The third-order valence-electron chi connectivity index (χ3n) is 6.74. The molecular formula is C28H36FN5O4. The van der Waals surface area contributed by atoms with Crippen molar-refractivity contribution in [1.82, 2.24) is 19.8 Å². The molecule has 2 heterocycles. The van der Waals surface area contributed by atoms with Crippen LogP contribution in [-0.4, -0.2) is 71.4 Å². The third kappa shape index (κ3) is 5.65. The minimum absolute atomic E-state index is 0.0560. The molecule has 10 heteroatoms. The van der Waals surface area contributed by atoms with E-state index in [-0.39, 0.29) is 34.9 Å². The summed E-state index contributed by atoms with van der Waals surface area (Å²) in [5.41, 5.74) is 1.85. The van der Waals surface area contributed by atoms with Crippen LogP contribution in [0.5, 0.6) is 5.75 Å². The first-order chi connectivity index (χ1) is 18.1. The monoisotopic (exact) mass is 525 g/mol. The highest BCUT2D eigenvalue weighted by Crippen LogP contribution is 2.31. The van der Waals surface area contributed by atoms with Crippen molar-refractivity contribution in [3.05, 3.63) is 65.1 Å².